The van der Waals surface area contributed by atoms with Gasteiger partial charge in [-0.05, 0) is 42.8 Å². The van der Waals surface area contributed by atoms with Gasteiger partial charge in [0.1, 0.15) is 5.82 Å². The van der Waals surface area contributed by atoms with E-state index >= 15 is 0 Å². The molecule has 2 aromatic carbocycles. The van der Waals surface area contributed by atoms with Gasteiger partial charge in [-0.2, -0.15) is 18.2 Å². The Bertz CT molecular complexity index is 1020. The number of aromatic nitrogens is 2. The standard InChI is InChI=1S/C19H14F5N3O3/c20-12-5-8-15(14(21)10-12)29-9-1-2-16(28)25-13-6-3-11(4-7-13)17-26-18(30-27-17)19(22,23)24/h3-8,10H,1-2,9H2,(H,25,28). The summed E-state index contributed by atoms with van der Waals surface area (Å²) in [6, 6.07) is 8.73. The van der Waals surface area contributed by atoms with Gasteiger partial charge < -0.3 is 14.6 Å². The molecule has 0 aliphatic heterocycles. The topological polar surface area (TPSA) is 77.2 Å². The number of benzene rings is 2. The fourth-order valence-corrected chi connectivity index (χ4v) is 2.39. The Labute approximate surface area is 166 Å². The van der Waals surface area contributed by atoms with Crippen LogP contribution in [0.3, 0.4) is 0 Å². The van der Waals surface area contributed by atoms with E-state index in [1.807, 2.05) is 0 Å². The van der Waals surface area contributed by atoms with Gasteiger partial charge in [0.25, 0.3) is 0 Å². The number of halogens is 5. The number of ether oxygens (including phenoxy) is 1. The summed E-state index contributed by atoms with van der Waals surface area (Å²) < 4.78 is 73.1. The Morgan fingerprint density at radius 2 is 1.83 bits per heavy atom. The number of rotatable bonds is 7. The van der Waals surface area contributed by atoms with E-state index in [0.717, 1.165) is 12.1 Å². The number of alkyl halides is 3. The zero-order valence-corrected chi connectivity index (χ0v) is 15.2. The first-order chi connectivity index (χ1) is 14.2. The minimum absolute atomic E-state index is 0.0499. The monoisotopic (exact) mass is 427 g/mol. The van der Waals surface area contributed by atoms with Gasteiger partial charge in [0.05, 0.1) is 6.61 Å². The predicted molar refractivity (Wildman–Crippen MR) is 94.5 cm³/mol. The van der Waals surface area contributed by atoms with Crippen molar-refractivity contribution in [3.05, 3.63) is 60.0 Å². The van der Waals surface area contributed by atoms with Crippen molar-refractivity contribution < 1.29 is 36.0 Å². The maximum absolute atomic E-state index is 13.4. The number of anilines is 1. The minimum Gasteiger partial charge on any atom is -0.491 e. The molecule has 1 N–H and O–H groups in total. The van der Waals surface area contributed by atoms with Crippen LogP contribution in [0, 0.1) is 11.6 Å². The molecule has 1 amide bonds. The first kappa shape index (κ1) is 21.2. The summed E-state index contributed by atoms with van der Waals surface area (Å²) in [6.45, 7) is 0.0499. The summed E-state index contributed by atoms with van der Waals surface area (Å²) in [5.74, 6) is -3.68. The summed E-state index contributed by atoms with van der Waals surface area (Å²) in [7, 11) is 0. The van der Waals surface area contributed by atoms with Crippen LogP contribution in [0.2, 0.25) is 0 Å². The Morgan fingerprint density at radius 3 is 2.47 bits per heavy atom. The highest BCUT2D eigenvalue weighted by Gasteiger charge is 2.38. The third-order valence-corrected chi connectivity index (χ3v) is 3.80. The molecule has 158 valence electrons. The number of nitrogens with zero attached hydrogens (tertiary/aromatic N) is 2. The van der Waals surface area contributed by atoms with Crippen LogP contribution in [-0.2, 0) is 11.0 Å². The Morgan fingerprint density at radius 1 is 1.10 bits per heavy atom. The third-order valence-electron chi connectivity index (χ3n) is 3.80. The molecule has 0 fully saturated rings. The van der Waals surface area contributed by atoms with Gasteiger partial charge in [0, 0.05) is 23.7 Å². The second-order valence-corrected chi connectivity index (χ2v) is 6.07. The number of nitrogens with one attached hydrogen (secondary N) is 1. The van der Waals surface area contributed by atoms with E-state index in [0.29, 0.717) is 11.8 Å². The zero-order chi connectivity index (χ0) is 21.7. The lowest BCUT2D eigenvalue weighted by molar-refractivity contribution is -0.159. The summed E-state index contributed by atoms with van der Waals surface area (Å²) in [6.07, 6.45) is -4.38. The Kier molecular flexibility index (Phi) is 6.28. The quantitative estimate of drug-likeness (QED) is 0.432. The van der Waals surface area contributed by atoms with Crippen molar-refractivity contribution in [1.29, 1.82) is 0 Å². The highest BCUT2D eigenvalue weighted by Crippen LogP contribution is 2.29. The molecular weight excluding hydrogens is 413 g/mol. The molecule has 0 saturated heterocycles. The van der Waals surface area contributed by atoms with Crippen LogP contribution < -0.4 is 10.1 Å². The van der Waals surface area contributed by atoms with Gasteiger partial charge in [0.2, 0.25) is 11.7 Å². The van der Waals surface area contributed by atoms with Crippen molar-refractivity contribution in [2.24, 2.45) is 0 Å². The molecule has 3 rings (SSSR count). The van der Waals surface area contributed by atoms with Gasteiger partial charge in [-0.1, -0.05) is 5.16 Å². The van der Waals surface area contributed by atoms with Crippen LogP contribution in [0.5, 0.6) is 5.75 Å². The van der Waals surface area contributed by atoms with E-state index in [4.69, 9.17) is 4.74 Å². The molecule has 3 aromatic rings. The molecule has 1 heterocycles. The van der Waals surface area contributed by atoms with Gasteiger partial charge in [-0.15, -0.1) is 0 Å². The van der Waals surface area contributed by atoms with Crippen LogP contribution in [0.25, 0.3) is 11.4 Å². The SMILES string of the molecule is O=C(CCCOc1ccc(F)cc1F)Nc1ccc(-c2noc(C(F)(F)F)n2)cc1. The summed E-state index contributed by atoms with van der Waals surface area (Å²) in [5.41, 5.74) is 0.691. The van der Waals surface area contributed by atoms with Crippen molar-refractivity contribution in [1.82, 2.24) is 10.1 Å². The average molecular weight is 427 g/mol. The molecule has 0 atom stereocenters. The van der Waals surface area contributed by atoms with Crippen molar-refractivity contribution >= 4 is 11.6 Å². The van der Waals surface area contributed by atoms with Crippen LogP contribution >= 0.6 is 0 Å². The molecule has 30 heavy (non-hydrogen) atoms. The van der Waals surface area contributed by atoms with E-state index in [1.54, 1.807) is 0 Å². The van der Waals surface area contributed by atoms with Crippen LogP contribution in [0.15, 0.2) is 47.0 Å². The van der Waals surface area contributed by atoms with Gasteiger partial charge in [-0.25, -0.2) is 8.78 Å². The molecule has 0 unspecified atom stereocenters. The highest BCUT2D eigenvalue weighted by molar-refractivity contribution is 5.90. The summed E-state index contributed by atoms with van der Waals surface area (Å²) >= 11 is 0. The van der Waals surface area contributed by atoms with Gasteiger partial charge >= 0.3 is 12.1 Å². The lowest BCUT2D eigenvalue weighted by atomic mass is 10.2. The van der Waals surface area contributed by atoms with Crippen molar-refractivity contribution in [3.8, 4) is 17.1 Å². The normalized spacial score (nSPS) is 11.4. The third kappa shape index (κ3) is 5.52. The first-order valence-corrected chi connectivity index (χ1v) is 8.61. The molecule has 0 radical (unpaired) electrons. The number of amides is 1. The second-order valence-electron chi connectivity index (χ2n) is 6.07. The van der Waals surface area contributed by atoms with E-state index in [2.05, 4.69) is 20.0 Å². The second kappa shape index (κ2) is 8.89. The molecule has 0 spiro atoms. The molecular formula is C19H14F5N3O3. The van der Waals surface area contributed by atoms with E-state index in [9.17, 15) is 26.7 Å². The van der Waals surface area contributed by atoms with Crippen LogP contribution in [-0.4, -0.2) is 22.7 Å². The fraction of sp³-hybridized carbons (Fsp3) is 0.211. The van der Waals surface area contributed by atoms with E-state index in [1.165, 1.54) is 24.3 Å². The predicted octanol–water partition coefficient (Wildman–Crippen LogP) is 4.83. The Balaban J connectivity index is 1.47. The first-order valence-electron chi connectivity index (χ1n) is 8.61. The number of carbonyl (C=O) groups excluding carboxylic acids is 1. The van der Waals surface area contributed by atoms with Gasteiger partial charge in [0.15, 0.2) is 11.6 Å². The van der Waals surface area contributed by atoms with Crippen molar-refractivity contribution in [2.75, 3.05) is 11.9 Å². The van der Waals surface area contributed by atoms with Crippen LogP contribution in [0.1, 0.15) is 18.7 Å². The maximum Gasteiger partial charge on any atom is 0.471 e. The number of carbonyl (C=O) groups is 1. The lowest BCUT2D eigenvalue weighted by Gasteiger charge is -2.08. The lowest BCUT2D eigenvalue weighted by Crippen LogP contribution is -2.13. The van der Waals surface area contributed by atoms with Gasteiger partial charge in [-0.3, -0.25) is 4.79 Å². The fourth-order valence-electron chi connectivity index (χ4n) is 2.39. The minimum atomic E-state index is -4.73. The van der Waals surface area contributed by atoms with Crippen molar-refractivity contribution in [3.63, 3.8) is 0 Å². The largest absolute Gasteiger partial charge is 0.491 e. The molecule has 0 aliphatic carbocycles. The molecule has 0 aliphatic rings. The summed E-state index contributed by atoms with van der Waals surface area (Å²) in [4.78, 5) is 15.2. The molecule has 11 heteroatoms. The summed E-state index contributed by atoms with van der Waals surface area (Å²) in [5, 5.41) is 5.88. The zero-order valence-electron chi connectivity index (χ0n) is 15.2. The van der Waals surface area contributed by atoms with Crippen LogP contribution in [0.4, 0.5) is 27.6 Å². The molecule has 0 saturated carbocycles. The Hall–Kier alpha value is -3.50. The van der Waals surface area contributed by atoms with E-state index in [-0.39, 0.29) is 42.5 Å². The molecule has 6 nitrogen and oxygen atoms in total. The number of hydrogen-bond donors (Lipinski definition) is 1. The average Bonchev–Trinajstić information content (AvgIpc) is 3.18. The maximum atomic E-state index is 13.4. The van der Waals surface area contributed by atoms with Crippen molar-refractivity contribution in [2.45, 2.75) is 19.0 Å². The van der Waals surface area contributed by atoms with E-state index < -0.39 is 23.7 Å². The molecule has 0 bridgehead atoms. The highest BCUT2D eigenvalue weighted by atomic mass is 19.4. The number of hydrogen-bond acceptors (Lipinski definition) is 5. The molecule has 1 aromatic heterocycles. The smallest absolute Gasteiger partial charge is 0.471 e.